The third kappa shape index (κ3) is 3.89. The van der Waals surface area contributed by atoms with Crippen LogP contribution in [0.2, 0.25) is 0 Å². The van der Waals surface area contributed by atoms with E-state index >= 15 is 0 Å². The zero-order valence-corrected chi connectivity index (χ0v) is 10.1. The number of thioether (sulfide) groups is 1. The van der Waals surface area contributed by atoms with Crippen molar-refractivity contribution in [2.45, 2.75) is 18.6 Å². The summed E-state index contributed by atoms with van der Waals surface area (Å²) in [6.07, 6.45) is 2.17. The quantitative estimate of drug-likeness (QED) is 0.767. The molecule has 16 heavy (non-hydrogen) atoms. The van der Waals surface area contributed by atoms with Crippen LogP contribution in [0.15, 0.2) is 30.3 Å². The fourth-order valence-corrected chi connectivity index (χ4v) is 2.32. The molecule has 0 radical (unpaired) electrons. The Kier molecular flexibility index (Phi) is 4.28. The first-order chi connectivity index (χ1) is 7.86. The molecule has 3 heteroatoms. The lowest BCUT2D eigenvalue weighted by atomic mass is 10.2. The highest BCUT2D eigenvalue weighted by molar-refractivity contribution is 7.98. The minimum Gasteiger partial charge on any atom is -0.355 e. The van der Waals surface area contributed by atoms with Gasteiger partial charge < -0.3 is 5.32 Å². The first-order valence-electron chi connectivity index (χ1n) is 5.75. The molecule has 0 saturated heterocycles. The van der Waals surface area contributed by atoms with Gasteiger partial charge in [-0.2, -0.15) is 11.8 Å². The number of carbonyl (C=O) groups excluding carboxylic acids is 1. The van der Waals surface area contributed by atoms with Crippen molar-refractivity contribution in [2.75, 3.05) is 12.3 Å². The lowest BCUT2D eigenvalue weighted by molar-refractivity contribution is -0.122. The topological polar surface area (TPSA) is 29.1 Å². The molecule has 0 spiro atoms. The van der Waals surface area contributed by atoms with Crippen LogP contribution in [0.25, 0.3) is 0 Å². The van der Waals surface area contributed by atoms with Gasteiger partial charge in [-0.15, -0.1) is 0 Å². The highest BCUT2D eigenvalue weighted by atomic mass is 32.2. The highest BCUT2D eigenvalue weighted by Gasteiger charge is 2.28. The van der Waals surface area contributed by atoms with E-state index in [0.29, 0.717) is 5.92 Å². The van der Waals surface area contributed by atoms with Gasteiger partial charge in [-0.25, -0.2) is 0 Å². The summed E-state index contributed by atoms with van der Waals surface area (Å²) in [7, 11) is 0. The lowest BCUT2D eigenvalue weighted by Gasteiger charge is -2.04. The third-order valence-corrected chi connectivity index (χ3v) is 3.64. The van der Waals surface area contributed by atoms with Crippen molar-refractivity contribution in [3.05, 3.63) is 35.9 Å². The first kappa shape index (κ1) is 11.5. The number of hydrogen-bond donors (Lipinski definition) is 1. The van der Waals surface area contributed by atoms with E-state index in [2.05, 4.69) is 29.6 Å². The van der Waals surface area contributed by atoms with Gasteiger partial charge in [0.2, 0.25) is 5.91 Å². The average Bonchev–Trinajstić information content (AvgIpc) is 3.13. The molecule has 1 aromatic rings. The van der Waals surface area contributed by atoms with Crippen LogP contribution in [-0.2, 0) is 10.5 Å². The zero-order valence-electron chi connectivity index (χ0n) is 9.32. The van der Waals surface area contributed by atoms with Crippen LogP contribution in [0.1, 0.15) is 18.4 Å². The summed E-state index contributed by atoms with van der Waals surface area (Å²) in [5.74, 6) is 2.60. The molecule has 2 rings (SSSR count). The maximum absolute atomic E-state index is 11.3. The Balaban J connectivity index is 1.53. The molecule has 0 bridgehead atoms. The average molecular weight is 235 g/mol. The smallest absolute Gasteiger partial charge is 0.223 e. The van der Waals surface area contributed by atoms with E-state index in [0.717, 1.165) is 30.9 Å². The Morgan fingerprint density at radius 2 is 2.06 bits per heavy atom. The number of rotatable bonds is 6. The van der Waals surface area contributed by atoms with Crippen LogP contribution >= 0.6 is 11.8 Å². The Bertz CT molecular complexity index is 335. The van der Waals surface area contributed by atoms with Gasteiger partial charge in [0.1, 0.15) is 0 Å². The molecule has 1 aliphatic carbocycles. The second-order valence-corrected chi connectivity index (χ2v) is 5.21. The monoisotopic (exact) mass is 235 g/mol. The summed E-state index contributed by atoms with van der Waals surface area (Å²) in [6.45, 7) is 0.798. The number of benzene rings is 1. The molecule has 0 aliphatic heterocycles. The summed E-state index contributed by atoms with van der Waals surface area (Å²) in [5, 5.41) is 2.97. The van der Waals surface area contributed by atoms with E-state index in [1.165, 1.54) is 5.56 Å². The highest BCUT2D eigenvalue weighted by Crippen LogP contribution is 2.28. The largest absolute Gasteiger partial charge is 0.355 e. The number of hydrogen-bond acceptors (Lipinski definition) is 2. The van der Waals surface area contributed by atoms with Crippen LogP contribution in [0.4, 0.5) is 0 Å². The molecule has 1 aromatic carbocycles. The van der Waals surface area contributed by atoms with Crippen molar-refractivity contribution < 1.29 is 4.79 Å². The second kappa shape index (κ2) is 5.94. The Morgan fingerprint density at radius 3 is 2.75 bits per heavy atom. The van der Waals surface area contributed by atoms with Gasteiger partial charge >= 0.3 is 0 Å². The molecule has 1 N–H and O–H groups in total. The summed E-state index contributed by atoms with van der Waals surface area (Å²) in [5.41, 5.74) is 1.35. The van der Waals surface area contributed by atoms with Gasteiger partial charge in [-0.05, 0) is 18.4 Å². The van der Waals surface area contributed by atoms with E-state index < -0.39 is 0 Å². The fraction of sp³-hybridized carbons (Fsp3) is 0.462. The Hall–Kier alpha value is -0.960. The number of carbonyl (C=O) groups is 1. The molecule has 1 amide bonds. The Labute approximate surface area is 101 Å². The van der Waals surface area contributed by atoms with Crippen molar-refractivity contribution in [3.8, 4) is 0 Å². The summed E-state index contributed by atoms with van der Waals surface area (Å²) >= 11 is 1.87. The van der Waals surface area contributed by atoms with Crippen LogP contribution in [-0.4, -0.2) is 18.2 Å². The summed E-state index contributed by atoms with van der Waals surface area (Å²) < 4.78 is 0. The SMILES string of the molecule is O=C(NCCSCc1ccccc1)C1CC1. The molecule has 0 heterocycles. The van der Waals surface area contributed by atoms with Crippen LogP contribution in [0, 0.1) is 5.92 Å². The van der Waals surface area contributed by atoms with Crippen LogP contribution in [0.3, 0.4) is 0 Å². The normalized spacial score (nSPS) is 14.8. The van der Waals surface area contributed by atoms with E-state index in [1.807, 2.05) is 17.8 Å². The minimum atomic E-state index is 0.250. The second-order valence-electron chi connectivity index (χ2n) is 4.10. The summed E-state index contributed by atoms with van der Waals surface area (Å²) in [6, 6.07) is 10.4. The predicted molar refractivity (Wildman–Crippen MR) is 68.3 cm³/mol. The van der Waals surface area contributed by atoms with E-state index in [9.17, 15) is 4.79 Å². The Morgan fingerprint density at radius 1 is 1.31 bits per heavy atom. The van der Waals surface area contributed by atoms with Crippen molar-refractivity contribution in [1.82, 2.24) is 5.32 Å². The van der Waals surface area contributed by atoms with Crippen molar-refractivity contribution in [2.24, 2.45) is 5.92 Å². The number of amides is 1. The maximum atomic E-state index is 11.3. The van der Waals surface area contributed by atoms with Gasteiger partial charge in [0, 0.05) is 24.0 Å². The van der Waals surface area contributed by atoms with Gasteiger partial charge in [0.05, 0.1) is 0 Å². The molecule has 1 saturated carbocycles. The van der Waals surface area contributed by atoms with Crippen LogP contribution in [0.5, 0.6) is 0 Å². The lowest BCUT2D eigenvalue weighted by Crippen LogP contribution is -2.26. The molecule has 1 aliphatic rings. The maximum Gasteiger partial charge on any atom is 0.223 e. The van der Waals surface area contributed by atoms with Crippen LogP contribution < -0.4 is 5.32 Å². The predicted octanol–water partition coefficient (Wildman–Crippen LogP) is 2.45. The minimum absolute atomic E-state index is 0.250. The molecule has 1 fully saturated rings. The standard InChI is InChI=1S/C13H17NOS/c15-13(12-6-7-12)14-8-9-16-10-11-4-2-1-3-5-11/h1-5,12H,6-10H2,(H,14,15). The van der Waals surface area contributed by atoms with Crippen molar-refractivity contribution >= 4 is 17.7 Å². The van der Waals surface area contributed by atoms with Gasteiger partial charge in [0.25, 0.3) is 0 Å². The van der Waals surface area contributed by atoms with Gasteiger partial charge in [-0.3, -0.25) is 4.79 Å². The molecule has 86 valence electrons. The van der Waals surface area contributed by atoms with E-state index in [1.54, 1.807) is 0 Å². The first-order valence-corrected chi connectivity index (χ1v) is 6.91. The van der Waals surface area contributed by atoms with Crippen molar-refractivity contribution in [3.63, 3.8) is 0 Å². The molecular formula is C13H17NOS. The zero-order chi connectivity index (χ0) is 11.2. The molecular weight excluding hydrogens is 218 g/mol. The van der Waals surface area contributed by atoms with E-state index in [4.69, 9.17) is 0 Å². The number of nitrogens with one attached hydrogen (secondary N) is 1. The third-order valence-electron chi connectivity index (χ3n) is 2.61. The molecule has 2 nitrogen and oxygen atoms in total. The van der Waals surface area contributed by atoms with Gasteiger partial charge in [-0.1, -0.05) is 30.3 Å². The summed E-state index contributed by atoms with van der Waals surface area (Å²) in [4.78, 5) is 11.3. The fourth-order valence-electron chi connectivity index (χ4n) is 1.50. The molecule has 0 atom stereocenters. The van der Waals surface area contributed by atoms with Crippen molar-refractivity contribution in [1.29, 1.82) is 0 Å². The molecule has 0 unspecified atom stereocenters. The van der Waals surface area contributed by atoms with Gasteiger partial charge in [0.15, 0.2) is 0 Å². The molecule has 0 aromatic heterocycles. The van der Waals surface area contributed by atoms with E-state index in [-0.39, 0.29) is 5.91 Å².